The molecule has 0 unspecified atom stereocenters. The van der Waals surface area contributed by atoms with Crippen LogP contribution in [0.5, 0.6) is 0 Å². The molecule has 2 heteroatoms. The van der Waals surface area contributed by atoms with Gasteiger partial charge in [-0.15, -0.1) is 0 Å². The van der Waals surface area contributed by atoms with Crippen molar-refractivity contribution in [3.8, 4) is 11.1 Å². The second kappa shape index (κ2) is 7.00. The molecule has 4 aromatic carbocycles. The SMILES string of the molecule is O=C(O)[C@@]1(c2ccc(-c3ccccc3)cc2)CC1(c1ccccc1)c1ccccc1. The predicted molar refractivity (Wildman–Crippen MR) is 119 cm³/mol. The van der Waals surface area contributed by atoms with Crippen LogP contribution in [0.2, 0.25) is 0 Å². The number of carboxylic acid groups (broad SMARTS) is 1. The van der Waals surface area contributed by atoms with Crippen molar-refractivity contribution >= 4 is 5.97 Å². The smallest absolute Gasteiger partial charge is 0.315 e. The summed E-state index contributed by atoms with van der Waals surface area (Å²) in [6.07, 6.45) is 0.550. The van der Waals surface area contributed by atoms with E-state index >= 15 is 0 Å². The molecule has 1 aliphatic rings. The zero-order valence-electron chi connectivity index (χ0n) is 16.5. The Morgan fingerprint density at radius 2 is 1.00 bits per heavy atom. The Morgan fingerprint density at radius 1 is 0.567 bits per heavy atom. The maximum Gasteiger partial charge on any atom is 0.315 e. The Bertz CT molecular complexity index is 1130. The number of benzene rings is 4. The summed E-state index contributed by atoms with van der Waals surface area (Å²) in [6, 6.07) is 38.3. The highest BCUT2D eigenvalue weighted by molar-refractivity contribution is 5.92. The van der Waals surface area contributed by atoms with Gasteiger partial charge in [-0.2, -0.15) is 0 Å². The number of carbonyl (C=O) groups is 1. The van der Waals surface area contributed by atoms with Crippen LogP contribution in [-0.4, -0.2) is 11.1 Å². The zero-order valence-corrected chi connectivity index (χ0v) is 16.5. The standard InChI is InChI=1S/C28H22O2/c29-26(30)28(25-18-16-22(17-19-25)21-10-4-1-5-11-21)20-27(28,23-12-6-2-7-13-23)24-14-8-3-9-15-24/h1-19H,20H2,(H,29,30)/t28-/m0/s1. The maximum atomic E-state index is 12.8. The molecular weight excluding hydrogens is 368 g/mol. The molecule has 0 aromatic heterocycles. The molecule has 0 spiro atoms. The van der Waals surface area contributed by atoms with Crippen LogP contribution >= 0.6 is 0 Å². The number of carboxylic acids is 1. The second-order valence-electron chi connectivity index (χ2n) is 7.97. The van der Waals surface area contributed by atoms with Crippen molar-refractivity contribution in [1.82, 2.24) is 0 Å². The average molecular weight is 390 g/mol. The summed E-state index contributed by atoms with van der Waals surface area (Å²) in [7, 11) is 0. The van der Waals surface area contributed by atoms with Crippen molar-refractivity contribution in [2.75, 3.05) is 0 Å². The van der Waals surface area contributed by atoms with E-state index in [0.29, 0.717) is 6.42 Å². The molecule has 0 heterocycles. The summed E-state index contributed by atoms with van der Waals surface area (Å²) in [6.45, 7) is 0. The van der Waals surface area contributed by atoms with Gasteiger partial charge in [-0.25, -0.2) is 0 Å². The normalized spacial score (nSPS) is 19.2. The Morgan fingerprint density at radius 3 is 1.47 bits per heavy atom. The minimum Gasteiger partial charge on any atom is -0.481 e. The monoisotopic (exact) mass is 390 g/mol. The minimum atomic E-state index is -0.981. The molecular formula is C28H22O2. The van der Waals surface area contributed by atoms with Gasteiger partial charge >= 0.3 is 5.97 Å². The fourth-order valence-electron chi connectivity index (χ4n) is 4.97. The van der Waals surface area contributed by atoms with Crippen LogP contribution in [0.25, 0.3) is 11.1 Å². The molecule has 4 aromatic rings. The van der Waals surface area contributed by atoms with E-state index in [1.54, 1.807) is 0 Å². The van der Waals surface area contributed by atoms with E-state index in [2.05, 4.69) is 36.4 Å². The van der Waals surface area contributed by atoms with Crippen LogP contribution in [0.4, 0.5) is 0 Å². The van der Waals surface area contributed by atoms with Crippen molar-refractivity contribution in [2.24, 2.45) is 0 Å². The number of hydrogen-bond acceptors (Lipinski definition) is 1. The molecule has 30 heavy (non-hydrogen) atoms. The predicted octanol–water partition coefficient (Wildman–Crippen LogP) is 6.07. The molecule has 146 valence electrons. The van der Waals surface area contributed by atoms with Crippen molar-refractivity contribution in [3.05, 3.63) is 132 Å². The first kappa shape index (κ1) is 18.4. The lowest BCUT2D eigenvalue weighted by atomic mass is 9.77. The first-order valence-corrected chi connectivity index (χ1v) is 10.2. The van der Waals surface area contributed by atoms with Crippen molar-refractivity contribution in [1.29, 1.82) is 0 Å². The summed E-state index contributed by atoms with van der Waals surface area (Å²) in [4.78, 5) is 12.8. The van der Waals surface area contributed by atoms with Gasteiger partial charge in [0.15, 0.2) is 0 Å². The number of rotatable bonds is 5. The summed E-state index contributed by atoms with van der Waals surface area (Å²) >= 11 is 0. The van der Waals surface area contributed by atoms with E-state index in [4.69, 9.17) is 0 Å². The summed E-state index contributed by atoms with van der Waals surface area (Å²) in [5.41, 5.74) is 3.60. The van der Waals surface area contributed by atoms with Gasteiger partial charge in [-0.3, -0.25) is 4.79 Å². The van der Waals surface area contributed by atoms with E-state index in [0.717, 1.165) is 27.8 Å². The van der Waals surface area contributed by atoms with Gasteiger partial charge in [-0.05, 0) is 34.2 Å². The Balaban J connectivity index is 1.66. The molecule has 1 saturated carbocycles. The molecule has 1 N–H and O–H groups in total. The van der Waals surface area contributed by atoms with Crippen molar-refractivity contribution < 1.29 is 9.90 Å². The van der Waals surface area contributed by atoms with Crippen LogP contribution in [0.1, 0.15) is 23.1 Å². The summed E-state index contributed by atoms with van der Waals surface area (Å²) in [5, 5.41) is 10.5. The molecule has 0 bridgehead atoms. The van der Waals surface area contributed by atoms with Gasteiger partial charge in [0.1, 0.15) is 5.41 Å². The molecule has 2 nitrogen and oxygen atoms in total. The number of aliphatic carboxylic acids is 1. The number of hydrogen-bond donors (Lipinski definition) is 1. The first-order valence-electron chi connectivity index (χ1n) is 10.2. The van der Waals surface area contributed by atoms with E-state index in [1.807, 2.05) is 78.9 Å². The van der Waals surface area contributed by atoms with Gasteiger partial charge in [0.05, 0.1) is 0 Å². The molecule has 0 radical (unpaired) electrons. The lowest BCUT2D eigenvalue weighted by Gasteiger charge is -2.25. The minimum absolute atomic E-state index is 0.550. The topological polar surface area (TPSA) is 37.3 Å². The van der Waals surface area contributed by atoms with Crippen molar-refractivity contribution in [3.63, 3.8) is 0 Å². The maximum absolute atomic E-state index is 12.8. The Labute approximate surface area is 176 Å². The molecule has 0 saturated heterocycles. The summed E-state index contributed by atoms with van der Waals surface area (Å²) in [5.74, 6) is -0.775. The van der Waals surface area contributed by atoms with Crippen LogP contribution in [0.15, 0.2) is 115 Å². The van der Waals surface area contributed by atoms with Crippen LogP contribution in [-0.2, 0) is 15.6 Å². The zero-order chi connectivity index (χ0) is 20.6. The van der Waals surface area contributed by atoms with E-state index in [9.17, 15) is 9.90 Å². The van der Waals surface area contributed by atoms with Gasteiger partial charge in [0, 0.05) is 5.41 Å². The third-order valence-corrected chi connectivity index (χ3v) is 6.52. The van der Waals surface area contributed by atoms with Crippen LogP contribution < -0.4 is 0 Å². The lowest BCUT2D eigenvalue weighted by Crippen LogP contribution is -2.31. The Kier molecular flexibility index (Phi) is 4.29. The second-order valence-corrected chi connectivity index (χ2v) is 7.97. The van der Waals surface area contributed by atoms with E-state index < -0.39 is 16.8 Å². The highest BCUT2D eigenvalue weighted by atomic mass is 16.4. The molecule has 1 aliphatic carbocycles. The van der Waals surface area contributed by atoms with Gasteiger partial charge in [0.2, 0.25) is 0 Å². The quantitative estimate of drug-likeness (QED) is 0.449. The molecule has 0 aliphatic heterocycles. The average Bonchev–Trinajstić information content (AvgIpc) is 3.54. The molecule has 1 atom stereocenters. The highest BCUT2D eigenvalue weighted by Crippen LogP contribution is 2.69. The van der Waals surface area contributed by atoms with E-state index in [-0.39, 0.29) is 0 Å². The third-order valence-electron chi connectivity index (χ3n) is 6.52. The van der Waals surface area contributed by atoms with Crippen molar-refractivity contribution in [2.45, 2.75) is 17.3 Å². The van der Waals surface area contributed by atoms with Gasteiger partial charge in [0.25, 0.3) is 0 Å². The fraction of sp³-hybridized carbons (Fsp3) is 0.107. The highest BCUT2D eigenvalue weighted by Gasteiger charge is 2.74. The molecule has 1 fully saturated rings. The largest absolute Gasteiger partial charge is 0.481 e. The Hall–Kier alpha value is -3.65. The van der Waals surface area contributed by atoms with Gasteiger partial charge < -0.3 is 5.11 Å². The fourth-order valence-corrected chi connectivity index (χ4v) is 4.97. The van der Waals surface area contributed by atoms with Crippen LogP contribution in [0.3, 0.4) is 0 Å². The third kappa shape index (κ3) is 2.61. The summed E-state index contributed by atoms with van der Waals surface area (Å²) < 4.78 is 0. The first-order chi connectivity index (χ1) is 14.7. The lowest BCUT2D eigenvalue weighted by molar-refractivity contribution is -0.140. The van der Waals surface area contributed by atoms with E-state index in [1.165, 1.54) is 0 Å². The molecule has 5 rings (SSSR count). The van der Waals surface area contributed by atoms with Gasteiger partial charge in [-0.1, -0.05) is 115 Å². The molecule has 0 amide bonds. The van der Waals surface area contributed by atoms with Crippen LogP contribution in [0, 0.1) is 0 Å².